The lowest BCUT2D eigenvalue weighted by molar-refractivity contribution is -0.121. The highest BCUT2D eigenvalue weighted by molar-refractivity contribution is 5.76. The van der Waals surface area contributed by atoms with E-state index >= 15 is 0 Å². The van der Waals surface area contributed by atoms with Crippen molar-refractivity contribution in [2.75, 3.05) is 13.1 Å². The first-order valence-corrected chi connectivity index (χ1v) is 10.2. The maximum Gasteiger partial charge on any atom is 0.220 e. The summed E-state index contributed by atoms with van der Waals surface area (Å²) < 4.78 is 0. The predicted octanol–water partition coefficient (Wildman–Crippen LogP) is 4.39. The summed E-state index contributed by atoms with van der Waals surface area (Å²) in [5.74, 6) is 4.57. The highest BCUT2D eigenvalue weighted by Gasteiger charge is 1.97. The summed E-state index contributed by atoms with van der Waals surface area (Å²) in [6.07, 6.45) is 13.8. The van der Waals surface area contributed by atoms with Crippen molar-refractivity contribution in [2.45, 2.75) is 74.1 Å². The summed E-state index contributed by atoms with van der Waals surface area (Å²) in [4.78, 5) is 21.0. The van der Waals surface area contributed by atoms with Crippen molar-refractivity contribution in [3.05, 3.63) is 23.8 Å². The zero-order valence-electron chi connectivity index (χ0n) is 19.0. The molecular weight excluding hydrogens is 392 g/mol. The number of hydrogen-bond donors (Lipinski definition) is 4. The molecule has 176 valence electrons. The van der Waals surface area contributed by atoms with Crippen molar-refractivity contribution in [2.24, 2.45) is 0 Å². The van der Waals surface area contributed by atoms with Gasteiger partial charge < -0.3 is 20.8 Å². The molecule has 0 atom stereocenters. The lowest BCUT2D eigenvalue weighted by atomic mass is 10.1. The third-order valence-electron chi connectivity index (χ3n) is 3.02. The number of phenolic OH excluding ortho intramolecular Hbond substituents is 2. The molecule has 2 amide bonds. The van der Waals surface area contributed by atoms with Gasteiger partial charge in [0.05, 0.1) is 13.1 Å². The van der Waals surface area contributed by atoms with Crippen molar-refractivity contribution >= 4 is 11.8 Å². The number of terminal acetylenes is 2. The molecule has 0 fully saturated rings. The van der Waals surface area contributed by atoms with E-state index in [9.17, 15) is 9.59 Å². The molecule has 6 heteroatoms. The van der Waals surface area contributed by atoms with Crippen LogP contribution in [-0.4, -0.2) is 35.1 Å². The fourth-order valence-corrected chi connectivity index (χ4v) is 1.53. The molecule has 1 rings (SSSR count). The molecule has 0 saturated heterocycles. The second kappa shape index (κ2) is 26.9. The van der Waals surface area contributed by atoms with E-state index in [1.807, 2.05) is 13.8 Å². The summed E-state index contributed by atoms with van der Waals surface area (Å²) in [6.45, 7) is 10.7. The lowest BCUT2D eigenvalue weighted by Gasteiger charge is -1.98. The van der Waals surface area contributed by atoms with Crippen molar-refractivity contribution in [1.29, 1.82) is 0 Å². The van der Waals surface area contributed by atoms with Gasteiger partial charge in [0.25, 0.3) is 0 Å². The Bertz CT molecular complexity index is 658. The monoisotopic (exact) mass is 434 g/mol. The number of benzene rings is 1. The summed E-state index contributed by atoms with van der Waals surface area (Å²) >= 11 is 0. The lowest BCUT2D eigenvalue weighted by Crippen LogP contribution is -2.22. The van der Waals surface area contributed by atoms with E-state index < -0.39 is 0 Å². The first kappa shape index (κ1) is 35.3. The molecule has 0 aliphatic rings. The molecule has 0 aliphatic carbocycles. The molecule has 6 nitrogen and oxygen atoms in total. The molecule has 4 N–H and O–H groups in total. The van der Waals surface area contributed by atoms with Crippen molar-refractivity contribution in [3.63, 3.8) is 0 Å². The highest BCUT2D eigenvalue weighted by Crippen LogP contribution is 2.24. The van der Waals surface area contributed by atoms with Crippen LogP contribution in [0.1, 0.15) is 73.3 Å². The summed E-state index contributed by atoms with van der Waals surface area (Å²) in [5.41, 5.74) is 1.02. The minimum Gasteiger partial charge on any atom is -0.504 e. The zero-order valence-corrected chi connectivity index (χ0v) is 19.0. The molecule has 0 unspecified atom stereocenters. The maximum absolute atomic E-state index is 10.6. The van der Waals surface area contributed by atoms with Gasteiger partial charge >= 0.3 is 0 Å². The van der Waals surface area contributed by atoms with Crippen LogP contribution < -0.4 is 10.6 Å². The van der Waals surface area contributed by atoms with Gasteiger partial charge in [-0.1, -0.05) is 66.4 Å². The molecule has 0 aliphatic heterocycles. The van der Waals surface area contributed by atoms with Crippen LogP contribution in [-0.2, 0) is 16.0 Å². The van der Waals surface area contributed by atoms with E-state index in [1.54, 1.807) is 19.1 Å². The Morgan fingerprint density at radius 2 is 1.39 bits per heavy atom. The van der Waals surface area contributed by atoms with Crippen LogP contribution in [0.25, 0.3) is 0 Å². The number of rotatable bonds is 6. The van der Waals surface area contributed by atoms with Crippen LogP contribution in [0.2, 0.25) is 0 Å². The van der Waals surface area contributed by atoms with Gasteiger partial charge in [-0.2, -0.15) is 0 Å². The summed E-state index contributed by atoms with van der Waals surface area (Å²) in [7, 11) is 0. The van der Waals surface area contributed by atoms with E-state index in [2.05, 4.69) is 36.3 Å². The number of carbonyl (C=O) groups excluding carboxylic acids is 2. The topological polar surface area (TPSA) is 98.7 Å². The molecule has 31 heavy (non-hydrogen) atoms. The molecule has 1 aromatic rings. The van der Waals surface area contributed by atoms with Gasteiger partial charge in [-0.3, -0.25) is 9.59 Å². The Labute approximate surface area is 189 Å². The number of phenols is 2. The Kier molecular flexibility index (Phi) is 30.6. The van der Waals surface area contributed by atoms with Crippen LogP contribution in [0.4, 0.5) is 0 Å². The molecule has 0 aromatic heterocycles. The van der Waals surface area contributed by atoms with E-state index in [0.717, 1.165) is 18.4 Å². The third-order valence-corrected chi connectivity index (χ3v) is 3.02. The Hall–Kier alpha value is -3.12. The van der Waals surface area contributed by atoms with Crippen LogP contribution in [0.3, 0.4) is 0 Å². The Balaban J connectivity index is -0.000000164. The number of hydrogen-bond acceptors (Lipinski definition) is 4. The average Bonchev–Trinajstić information content (AvgIpc) is 2.74. The number of amides is 2. The van der Waals surface area contributed by atoms with Gasteiger partial charge in [0, 0.05) is 12.8 Å². The Morgan fingerprint density at radius 3 is 1.74 bits per heavy atom. The first-order valence-electron chi connectivity index (χ1n) is 10.2. The quantitative estimate of drug-likeness (QED) is 0.394. The predicted molar refractivity (Wildman–Crippen MR) is 131 cm³/mol. The number of nitrogens with one attached hydrogen (secondary N) is 2. The largest absolute Gasteiger partial charge is 0.504 e. The van der Waals surface area contributed by atoms with Gasteiger partial charge in [-0.05, 0) is 30.5 Å². The van der Waals surface area contributed by atoms with Crippen molar-refractivity contribution < 1.29 is 19.8 Å². The molecule has 0 saturated carbocycles. The second-order valence-electron chi connectivity index (χ2n) is 5.95. The third kappa shape index (κ3) is 26.9. The van der Waals surface area contributed by atoms with E-state index in [1.165, 1.54) is 12.5 Å². The van der Waals surface area contributed by atoms with Crippen LogP contribution in [0.15, 0.2) is 18.2 Å². The van der Waals surface area contributed by atoms with Gasteiger partial charge in [0.15, 0.2) is 11.5 Å². The molecule has 0 radical (unpaired) electrons. The first-order chi connectivity index (χ1) is 14.3. The minimum atomic E-state index is -0.0581. The SMILES string of the molecule is C.C#CCNC(=O)CC.C#CCNC(=O)CCC.CCC.CCc1ccc(O)c(O)c1. The summed E-state index contributed by atoms with van der Waals surface area (Å²) in [5, 5.41) is 22.9. The second-order valence-corrected chi connectivity index (χ2v) is 5.95. The molecule has 0 bridgehead atoms. The molecule has 1 aromatic carbocycles. The normalized spacial score (nSPS) is 7.97. The van der Waals surface area contributed by atoms with Gasteiger partial charge in [-0.15, -0.1) is 12.8 Å². The fourth-order valence-electron chi connectivity index (χ4n) is 1.53. The number of carbonyl (C=O) groups is 2. The fraction of sp³-hybridized carbons (Fsp3) is 0.520. The van der Waals surface area contributed by atoms with Crippen molar-refractivity contribution in [3.8, 4) is 36.2 Å². The zero-order chi connectivity index (χ0) is 23.8. The van der Waals surface area contributed by atoms with E-state index in [0.29, 0.717) is 25.9 Å². The summed E-state index contributed by atoms with van der Waals surface area (Å²) in [6, 6.07) is 4.85. The number of aromatic hydroxyl groups is 2. The maximum atomic E-state index is 10.6. The molecular formula is C25H42N2O4. The molecule has 0 heterocycles. The van der Waals surface area contributed by atoms with E-state index in [4.69, 9.17) is 23.1 Å². The highest BCUT2D eigenvalue weighted by atomic mass is 16.3. The van der Waals surface area contributed by atoms with Crippen molar-refractivity contribution in [1.82, 2.24) is 10.6 Å². The molecule has 0 spiro atoms. The minimum absolute atomic E-state index is 0. The van der Waals surface area contributed by atoms with E-state index in [-0.39, 0.29) is 30.7 Å². The van der Waals surface area contributed by atoms with Gasteiger partial charge in [-0.25, -0.2) is 0 Å². The average molecular weight is 435 g/mol. The smallest absolute Gasteiger partial charge is 0.220 e. The number of aryl methyl sites for hydroxylation is 1. The van der Waals surface area contributed by atoms with Crippen LogP contribution in [0.5, 0.6) is 11.5 Å². The Morgan fingerprint density at radius 1 is 0.903 bits per heavy atom. The van der Waals surface area contributed by atoms with Crippen LogP contribution in [0, 0.1) is 24.7 Å². The van der Waals surface area contributed by atoms with Gasteiger partial charge in [0.2, 0.25) is 11.8 Å². The standard InChI is InChI=1S/C8H10O2.C7H11NO.C6H9NO.C3H8.CH4/c1-2-6-3-4-7(9)8(10)5-6;1-3-5-7(9)8-6-4-2;1-3-5-7-6(8)4-2;1-3-2;/h3-5,9-10H,2H2,1H3;2H,3,5-6H2,1H3,(H,8,9);1H,4-5H2,2H3,(H,7,8);3H2,1-2H3;1H4. The van der Waals surface area contributed by atoms with Crippen LogP contribution >= 0.6 is 0 Å². The van der Waals surface area contributed by atoms with Gasteiger partial charge in [0.1, 0.15) is 0 Å².